The van der Waals surface area contributed by atoms with E-state index in [0.717, 1.165) is 23.5 Å². The zero-order valence-electron chi connectivity index (χ0n) is 12.2. The van der Waals surface area contributed by atoms with Crippen LogP contribution in [0.3, 0.4) is 0 Å². The van der Waals surface area contributed by atoms with Crippen molar-refractivity contribution in [3.05, 3.63) is 54.2 Å². The van der Waals surface area contributed by atoms with Gasteiger partial charge in [-0.3, -0.25) is 9.78 Å². The molecule has 0 aliphatic heterocycles. The van der Waals surface area contributed by atoms with Gasteiger partial charge in [0.1, 0.15) is 5.76 Å². The van der Waals surface area contributed by atoms with Crippen LogP contribution in [-0.2, 0) is 17.9 Å². The summed E-state index contributed by atoms with van der Waals surface area (Å²) in [4.78, 5) is 18.3. The van der Waals surface area contributed by atoms with Gasteiger partial charge in [-0.2, -0.15) is 11.8 Å². The summed E-state index contributed by atoms with van der Waals surface area (Å²) in [6.07, 6.45) is 6.24. The minimum atomic E-state index is 0.133. The van der Waals surface area contributed by atoms with Gasteiger partial charge in [-0.15, -0.1) is 0 Å². The first kappa shape index (κ1) is 15.6. The smallest absolute Gasteiger partial charge is 0.233 e. The van der Waals surface area contributed by atoms with Crippen LogP contribution in [-0.4, -0.2) is 27.3 Å². The topological polar surface area (TPSA) is 46.3 Å². The standard InChI is InChI=1S/C16H20N2O2S/c1-2-9-21-13-16(19)18(12-15-6-4-8-20-15)11-14-5-3-7-17-10-14/h3-8,10H,2,9,11-13H2,1H3. The zero-order chi connectivity index (χ0) is 14.9. The summed E-state index contributed by atoms with van der Waals surface area (Å²) in [6, 6.07) is 7.60. The third kappa shape index (κ3) is 5.27. The van der Waals surface area contributed by atoms with Gasteiger partial charge in [0.15, 0.2) is 0 Å². The second kappa shape index (κ2) is 8.52. The van der Waals surface area contributed by atoms with E-state index in [2.05, 4.69) is 11.9 Å². The molecular weight excluding hydrogens is 284 g/mol. The molecule has 4 nitrogen and oxygen atoms in total. The van der Waals surface area contributed by atoms with Crippen molar-refractivity contribution in [2.24, 2.45) is 0 Å². The molecular formula is C16H20N2O2S. The average Bonchev–Trinajstić information content (AvgIpc) is 3.01. The first-order valence-corrected chi connectivity index (χ1v) is 8.22. The third-order valence-corrected chi connectivity index (χ3v) is 4.10. The molecule has 0 atom stereocenters. The highest BCUT2D eigenvalue weighted by Gasteiger charge is 2.15. The van der Waals surface area contributed by atoms with Gasteiger partial charge in [0.2, 0.25) is 5.91 Å². The van der Waals surface area contributed by atoms with Crippen LogP contribution >= 0.6 is 11.8 Å². The number of hydrogen-bond acceptors (Lipinski definition) is 4. The SMILES string of the molecule is CCCSCC(=O)N(Cc1cccnc1)Cc1ccco1. The molecule has 1 amide bonds. The second-order valence-electron chi connectivity index (χ2n) is 4.74. The van der Waals surface area contributed by atoms with E-state index in [0.29, 0.717) is 18.8 Å². The van der Waals surface area contributed by atoms with Gasteiger partial charge in [-0.1, -0.05) is 13.0 Å². The summed E-state index contributed by atoms with van der Waals surface area (Å²) in [5.74, 6) is 2.45. The van der Waals surface area contributed by atoms with E-state index in [1.54, 1.807) is 30.4 Å². The molecule has 0 saturated carbocycles. The van der Waals surface area contributed by atoms with Gasteiger partial charge < -0.3 is 9.32 Å². The number of aromatic nitrogens is 1. The van der Waals surface area contributed by atoms with E-state index in [4.69, 9.17) is 4.42 Å². The Morgan fingerprint density at radius 3 is 2.90 bits per heavy atom. The molecule has 0 spiro atoms. The van der Waals surface area contributed by atoms with Crippen LogP contribution < -0.4 is 0 Å². The van der Waals surface area contributed by atoms with Crippen molar-refractivity contribution in [2.75, 3.05) is 11.5 Å². The molecule has 0 fully saturated rings. The van der Waals surface area contributed by atoms with E-state index in [9.17, 15) is 4.79 Å². The molecule has 0 bridgehead atoms. The second-order valence-corrected chi connectivity index (χ2v) is 5.85. The fourth-order valence-electron chi connectivity index (χ4n) is 1.93. The first-order valence-electron chi connectivity index (χ1n) is 7.06. The van der Waals surface area contributed by atoms with E-state index >= 15 is 0 Å². The molecule has 0 radical (unpaired) electrons. The van der Waals surface area contributed by atoms with Crippen LogP contribution in [0.1, 0.15) is 24.7 Å². The summed E-state index contributed by atoms with van der Waals surface area (Å²) in [6.45, 7) is 3.17. The van der Waals surface area contributed by atoms with E-state index in [1.165, 1.54) is 0 Å². The number of carbonyl (C=O) groups excluding carboxylic acids is 1. The molecule has 0 aliphatic rings. The highest BCUT2D eigenvalue weighted by Crippen LogP contribution is 2.13. The monoisotopic (exact) mass is 304 g/mol. The van der Waals surface area contributed by atoms with E-state index < -0.39 is 0 Å². The van der Waals surface area contributed by atoms with Crippen LogP contribution in [0.25, 0.3) is 0 Å². The molecule has 0 aromatic carbocycles. The predicted octanol–water partition coefficient (Wildman–Crippen LogP) is 3.35. The summed E-state index contributed by atoms with van der Waals surface area (Å²) < 4.78 is 5.36. The molecule has 5 heteroatoms. The number of amides is 1. The maximum Gasteiger partial charge on any atom is 0.233 e. The molecule has 0 N–H and O–H groups in total. The molecule has 2 heterocycles. The van der Waals surface area contributed by atoms with Crippen molar-refractivity contribution in [3.8, 4) is 0 Å². The van der Waals surface area contributed by atoms with Crippen LogP contribution in [0.15, 0.2) is 47.3 Å². The number of pyridine rings is 1. The Kier molecular flexibility index (Phi) is 6.34. The fourth-order valence-corrected chi connectivity index (χ4v) is 2.72. The Labute approximate surface area is 129 Å². The summed E-state index contributed by atoms with van der Waals surface area (Å²) in [5, 5.41) is 0. The highest BCUT2D eigenvalue weighted by molar-refractivity contribution is 7.99. The van der Waals surface area contributed by atoms with E-state index in [1.807, 2.05) is 29.2 Å². The Hall–Kier alpha value is -1.75. The Morgan fingerprint density at radius 1 is 1.33 bits per heavy atom. The Bertz CT molecular complexity index is 528. The molecule has 0 aliphatic carbocycles. The zero-order valence-corrected chi connectivity index (χ0v) is 13.0. The van der Waals surface area contributed by atoms with Gasteiger partial charge in [-0.25, -0.2) is 0 Å². The number of carbonyl (C=O) groups is 1. The Morgan fingerprint density at radius 2 is 2.24 bits per heavy atom. The van der Waals surface area contributed by atoms with Crippen LogP contribution in [0, 0.1) is 0 Å². The lowest BCUT2D eigenvalue weighted by Crippen LogP contribution is -2.31. The quantitative estimate of drug-likeness (QED) is 0.702. The lowest BCUT2D eigenvalue weighted by atomic mass is 10.2. The number of hydrogen-bond donors (Lipinski definition) is 0. The third-order valence-electron chi connectivity index (χ3n) is 2.95. The van der Waals surface area contributed by atoms with Gasteiger partial charge >= 0.3 is 0 Å². The van der Waals surface area contributed by atoms with Crippen molar-refractivity contribution in [1.82, 2.24) is 9.88 Å². The summed E-state index contributed by atoms with van der Waals surface area (Å²) in [7, 11) is 0. The van der Waals surface area contributed by atoms with Crippen molar-refractivity contribution in [1.29, 1.82) is 0 Å². The van der Waals surface area contributed by atoms with Gasteiger partial charge in [0.25, 0.3) is 0 Å². The molecule has 21 heavy (non-hydrogen) atoms. The highest BCUT2D eigenvalue weighted by atomic mass is 32.2. The molecule has 2 rings (SSSR count). The normalized spacial score (nSPS) is 10.5. The lowest BCUT2D eigenvalue weighted by molar-refractivity contribution is -0.129. The van der Waals surface area contributed by atoms with Crippen molar-refractivity contribution < 1.29 is 9.21 Å². The molecule has 0 unspecified atom stereocenters. The van der Waals surface area contributed by atoms with Crippen LogP contribution in [0.5, 0.6) is 0 Å². The van der Waals surface area contributed by atoms with Gasteiger partial charge in [0, 0.05) is 18.9 Å². The van der Waals surface area contributed by atoms with E-state index in [-0.39, 0.29) is 5.91 Å². The van der Waals surface area contributed by atoms with Gasteiger partial charge in [-0.05, 0) is 35.9 Å². The average molecular weight is 304 g/mol. The molecule has 2 aromatic heterocycles. The van der Waals surface area contributed by atoms with Gasteiger partial charge in [0.05, 0.1) is 18.6 Å². The maximum absolute atomic E-state index is 12.4. The molecule has 2 aromatic rings. The number of nitrogens with zero attached hydrogens (tertiary/aromatic N) is 2. The number of furan rings is 1. The van der Waals surface area contributed by atoms with Crippen molar-refractivity contribution in [2.45, 2.75) is 26.4 Å². The number of rotatable bonds is 8. The number of thioether (sulfide) groups is 1. The predicted molar refractivity (Wildman–Crippen MR) is 84.8 cm³/mol. The minimum Gasteiger partial charge on any atom is -0.467 e. The van der Waals surface area contributed by atoms with Crippen molar-refractivity contribution >= 4 is 17.7 Å². The largest absolute Gasteiger partial charge is 0.467 e. The van der Waals surface area contributed by atoms with Crippen LogP contribution in [0.4, 0.5) is 0 Å². The Balaban J connectivity index is 2.00. The summed E-state index contributed by atoms with van der Waals surface area (Å²) in [5.41, 5.74) is 1.03. The molecule has 0 saturated heterocycles. The summed E-state index contributed by atoms with van der Waals surface area (Å²) >= 11 is 1.68. The van der Waals surface area contributed by atoms with Crippen LogP contribution in [0.2, 0.25) is 0 Å². The minimum absolute atomic E-state index is 0.133. The maximum atomic E-state index is 12.4. The van der Waals surface area contributed by atoms with Crippen molar-refractivity contribution in [3.63, 3.8) is 0 Å². The fraction of sp³-hybridized carbons (Fsp3) is 0.375. The molecule has 112 valence electrons. The lowest BCUT2D eigenvalue weighted by Gasteiger charge is -2.21. The first-order chi connectivity index (χ1) is 10.3.